The second kappa shape index (κ2) is 8.36. The summed E-state index contributed by atoms with van der Waals surface area (Å²) >= 11 is 1.47. The number of anilines is 1. The van der Waals surface area contributed by atoms with Gasteiger partial charge in [0.25, 0.3) is 0 Å². The first-order valence-electron chi connectivity index (χ1n) is 6.99. The molecule has 3 N–H and O–H groups in total. The SMILES string of the molecule is NCCSCC(=O)Nc1ccccc1C(=O)c1ccccc1. The molecule has 22 heavy (non-hydrogen) atoms. The van der Waals surface area contributed by atoms with E-state index in [9.17, 15) is 9.59 Å². The largest absolute Gasteiger partial charge is 0.330 e. The number of ketones is 1. The van der Waals surface area contributed by atoms with Gasteiger partial charge < -0.3 is 11.1 Å². The lowest BCUT2D eigenvalue weighted by Gasteiger charge is -2.10. The van der Waals surface area contributed by atoms with E-state index in [1.165, 1.54) is 11.8 Å². The number of carbonyl (C=O) groups excluding carboxylic acids is 2. The smallest absolute Gasteiger partial charge is 0.234 e. The molecule has 0 aliphatic carbocycles. The van der Waals surface area contributed by atoms with Crippen molar-refractivity contribution in [1.82, 2.24) is 0 Å². The highest BCUT2D eigenvalue weighted by molar-refractivity contribution is 7.99. The Balaban J connectivity index is 2.13. The van der Waals surface area contributed by atoms with Crippen LogP contribution in [0.1, 0.15) is 15.9 Å². The van der Waals surface area contributed by atoms with Gasteiger partial charge in [-0.25, -0.2) is 0 Å². The van der Waals surface area contributed by atoms with Crippen molar-refractivity contribution >= 4 is 29.1 Å². The summed E-state index contributed by atoms with van der Waals surface area (Å²) in [6, 6.07) is 16.1. The van der Waals surface area contributed by atoms with Crippen molar-refractivity contribution in [3.63, 3.8) is 0 Å². The van der Waals surface area contributed by atoms with Crippen molar-refractivity contribution in [1.29, 1.82) is 0 Å². The van der Waals surface area contributed by atoms with Crippen molar-refractivity contribution in [3.05, 3.63) is 65.7 Å². The van der Waals surface area contributed by atoms with Gasteiger partial charge in [0.2, 0.25) is 5.91 Å². The van der Waals surface area contributed by atoms with Crippen LogP contribution in [-0.4, -0.2) is 29.7 Å². The van der Waals surface area contributed by atoms with Crippen molar-refractivity contribution in [3.8, 4) is 0 Å². The molecule has 0 saturated heterocycles. The van der Waals surface area contributed by atoms with E-state index in [-0.39, 0.29) is 11.7 Å². The Bertz CT molecular complexity index is 644. The summed E-state index contributed by atoms with van der Waals surface area (Å²) in [4.78, 5) is 24.5. The van der Waals surface area contributed by atoms with Gasteiger partial charge in [0.15, 0.2) is 5.78 Å². The number of carbonyl (C=O) groups is 2. The summed E-state index contributed by atoms with van der Waals surface area (Å²) in [5.74, 6) is 0.821. The molecule has 2 aromatic rings. The number of amides is 1. The Morgan fingerprint density at radius 1 is 1.00 bits per heavy atom. The fourth-order valence-corrected chi connectivity index (χ4v) is 2.54. The first-order chi connectivity index (χ1) is 10.7. The molecule has 0 bridgehead atoms. The highest BCUT2D eigenvalue weighted by Crippen LogP contribution is 2.19. The van der Waals surface area contributed by atoms with Crippen LogP contribution in [0.15, 0.2) is 54.6 Å². The molecular formula is C17H18N2O2S. The predicted molar refractivity (Wildman–Crippen MR) is 91.3 cm³/mol. The maximum atomic E-state index is 12.5. The van der Waals surface area contributed by atoms with E-state index in [2.05, 4.69) is 5.32 Å². The van der Waals surface area contributed by atoms with Gasteiger partial charge in [-0.05, 0) is 12.1 Å². The van der Waals surface area contributed by atoms with Gasteiger partial charge >= 0.3 is 0 Å². The molecule has 0 heterocycles. The van der Waals surface area contributed by atoms with Gasteiger partial charge in [0, 0.05) is 23.4 Å². The van der Waals surface area contributed by atoms with Crippen LogP contribution in [-0.2, 0) is 4.79 Å². The Morgan fingerprint density at radius 3 is 2.41 bits per heavy atom. The maximum absolute atomic E-state index is 12.5. The number of rotatable bonds is 7. The van der Waals surface area contributed by atoms with Gasteiger partial charge in [0.05, 0.1) is 11.4 Å². The predicted octanol–water partition coefficient (Wildman–Crippen LogP) is 2.55. The van der Waals surface area contributed by atoms with Crippen LogP contribution in [0.25, 0.3) is 0 Å². The zero-order valence-electron chi connectivity index (χ0n) is 12.1. The molecule has 4 nitrogen and oxygen atoms in total. The third-order valence-electron chi connectivity index (χ3n) is 2.98. The lowest BCUT2D eigenvalue weighted by Crippen LogP contribution is -2.17. The number of hydrogen-bond acceptors (Lipinski definition) is 4. The standard InChI is InChI=1S/C17H18N2O2S/c18-10-11-22-12-16(20)19-15-9-5-4-8-14(15)17(21)13-6-2-1-3-7-13/h1-9H,10-12,18H2,(H,19,20). The Kier molecular flexibility index (Phi) is 6.18. The fraction of sp³-hybridized carbons (Fsp3) is 0.176. The van der Waals surface area contributed by atoms with E-state index >= 15 is 0 Å². The van der Waals surface area contributed by atoms with Crippen LogP contribution in [0.3, 0.4) is 0 Å². The molecule has 2 rings (SSSR count). The minimum Gasteiger partial charge on any atom is -0.330 e. The number of nitrogens with two attached hydrogens (primary N) is 1. The number of hydrogen-bond donors (Lipinski definition) is 2. The minimum atomic E-state index is -0.133. The highest BCUT2D eigenvalue weighted by Gasteiger charge is 2.14. The molecule has 0 aliphatic rings. The van der Waals surface area contributed by atoms with E-state index in [0.717, 1.165) is 5.75 Å². The number of nitrogens with one attached hydrogen (secondary N) is 1. The number of para-hydroxylation sites is 1. The summed E-state index contributed by atoms with van der Waals surface area (Å²) in [6.07, 6.45) is 0. The molecule has 0 atom stereocenters. The highest BCUT2D eigenvalue weighted by atomic mass is 32.2. The quantitative estimate of drug-likeness (QED) is 0.608. The van der Waals surface area contributed by atoms with Gasteiger partial charge in [-0.3, -0.25) is 9.59 Å². The monoisotopic (exact) mass is 314 g/mol. The van der Waals surface area contributed by atoms with Gasteiger partial charge in [-0.15, -0.1) is 0 Å². The van der Waals surface area contributed by atoms with Crippen LogP contribution >= 0.6 is 11.8 Å². The van der Waals surface area contributed by atoms with E-state index < -0.39 is 0 Å². The molecule has 0 spiro atoms. The van der Waals surface area contributed by atoms with Crippen molar-refractivity contribution in [2.24, 2.45) is 5.73 Å². The summed E-state index contributed by atoms with van der Waals surface area (Å²) < 4.78 is 0. The van der Waals surface area contributed by atoms with Crippen molar-refractivity contribution in [2.45, 2.75) is 0 Å². The van der Waals surface area contributed by atoms with Gasteiger partial charge in [-0.2, -0.15) is 11.8 Å². The molecule has 5 heteroatoms. The van der Waals surface area contributed by atoms with E-state index in [1.807, 2.05) is 18.2 Å². The molecule has 2 aromatic carbocycles. The Morgan fingerprint density at radius 2 is 1.68 bits per heavy atom. The number of benzene rings is 2. The second-order valence-electron chi connectivity index (χ2n) is 4.63. The molecule has 0 saturated carbocycles. The molecule has 114 valence electrons. The van der Waals surface area contributed by atoms with Crippen LogP contribution in [0.4, 0.5) is 5.69 Å². The van der Waals surface area contributed by atoms with Crippen LogP contribution in [0.5, 0.6) is 0 Å². The average molecular weight is 314 g/mol. The topological polar surface area (TPSA) is 72.2 Å². The fourth-order valence-electron chi connectivity index (χ4n) is 1.97. The van der Waals surface area contributed by atoms with Crippen LogP contribution in [0, 0.1) is 0 Å². The molecule has 0 aromatic heterocycles. The first-order valence-corrected chi connectivity index (χ1v) is 8.14. The van der Waals surface area contributed by atoms with E-state index in [1.54, 1.807) is 36.4 Å². The van der Waals surface area contributed by atoms with Crippen LogP contribution in [0.2, 0.25) is 0 Å². The summed E-state index contributed by atoms with van der Waals surface area (Å²) in [6.45, 7) is 0.543. The van der Waals surface area contributed by atoms with Crippen LogP contribution < -0.4 is 11.1 Å². The minimum absolute atomic E-state index is 0.105. The maximum Gasteiger partial charge on any atom is 0.234 e. The van der Waals surface area contributed by atoms with E-state index in [4.69, 9.17) is 5.73 Å². The molecule has 1 amide bonds. The molecule has 0 fully saturated rings. The summed E-state index contributed by atoms with van der Waals surface area (Å²) in [7, 11) is 0. The average Bonchev–Trinajstić information content (AvgIpc) is 2.56. The molecule has 0 aliphatic heterocycles. The van der Waals surface area contributed by atoms with Crippen molar-refractivity contribution in [2.75, 3.05) is 23.4 Å². The lowest BCUT2D eigenvalue weighted by atomic mass is 10.0. The normalized spacial score (nSPS) is 10.2. The summed E-state index contributed by atoms with van der Waals surface area (Å²) in [5.41, 5.74) is 7.03. The molecule has 0 unspecified atom stereocenters. The number of thioether (sulfide) groups is 1. The molecule has 0 radical (unpaired) electrons. The van der Waals surface area contributed by atoms with E-state index in [0.29, 0.717) is 29.1 Å². The zero-order chi connectivity index (χ0) is 15.8. The third-order valence-corrected chi connectivity index (χ3v) is 3.97. The lowest BCUT2D eigenvalue weighted by molar-refractivity contribution is -0.113. The Hall–Kier alpha value is -2.11. The summed E-state index contributed by atoms with van der Waals surface area (Å²) in [5, 5.41) is 2.80. The van der Waals surface area contributed by atoms with Gasteiger partial charge in [-0.1, -0.05) is 42.5 Å². The third kappa shape index (κ3) is 4.44. The van der Waals surface area contributed by atoms with Gasteiger partial charge in [0.1, 0.15) is 0 Å². The first kappa shape index (κ1) is 16.3. The second-order valence-corrected chi connectivity index (χ2v) is 5.74. The molecular weight excluding hydrogens is 296 g/mol. The van der Waals surface area contributed by atoms with Crippen molar-refractivity contribution < 1.29 is 9.59 Å². The Labute approximate surface area is 134 Å². The zero-order valence-corrected chi connectivity index (χ0v) is 12.9.